The van der Waals surface area contributed by atoms with Crippen LogP contribution in [0.15, 0.2) is 17.3 Å². The molecule has 1 fully saturated rings. The molecule has 5 nitrogen and oxygen atoms in total. The average Bonchev–Trinajstić information content (AvgIpc) is 2.80. The highest BCUT2D eigenvalue weighted by Crippen LogP contribution is 2.39. The normalized spacial score (nSPS) is 18.0. The molecule has 2 rings (SSSR count). The van der Waals surface area contributed by atoms with Gasteiger partial charge in [0.15, 0.2) is 0 Å². The molecule has 1 saturated carbocycles. The van der Waals surface area contributed by atoms with Crippen molar-refractivity contribution in [1.29, 1.82) is 0 Å². The summed E-state index contributed by atoms with van der Waals surface area (Å²) in [7, 11) is -3.42. The van der Waals surface area contributed by atoms with Crippen LogP contribution in [0.25, 0.3) is 0 Å². The summed E-state index contributed by atoms with van der Waals surface area (Å²) < 4.78 is 26.4. The predicted octanol–water partition coefficient (Wildman–Crippen LogP) is 0.877. The fraction of sp³-hybridized carbons (Fsp3) is 0.667. The number of hydrogen-bond acceptors (Lipinski definition) is 3. The van der Waals surface area contributed by atoms with E-state index in [1.54, 1.807) is 0 Å². The van der Waals surface area contributed by atoms with E-state index in [0.29, 0.717) is 5.92 Å². The highest BCUT2D eigenvalue weighted by Gasteiger charge is 2.40. The molecule has 1 aromatic heterocycles. The van der Waals surface area contributed by atoms with Crippen LogP contribution in [0.2, 0.25) is 0 Å². The Hall–Kier alpha value is -0.880. The highest BCUT2D eigenvalue weighted by atomic mass is 32.2. The van der Waals surface area contributed by atoms with Gasteiger partial charge in [0, 0.05) is 11.7 Å². The van der Waals surface area contributed by atoms with Gasteiger partial charge in [-0.3, -0.25) is 5.10 Å². The number of aromatic nitrogens is 2. The summed E-state index contributed by atoms with van der Waals surface area (Å²) in [5.41, 5.74) is -0.365. The molecule has 2 N–H and O–H groups in total. The average molecular weight is 229 g/mol. The lowest BCUT2D eigenvalue weighted by Gasteiger charge is -2.25. The second-order valence-corrected chi connectivity index (χ2v) is 6.22. The van der Waals surface area contributed by atoms with Crippen molar-refractivity contribution < 1.29 is 8.42 Å². The van der Waals surface area contributed by atoms with E-state index in [1.807, 2.05) is 13.8 Å². The van der Waals surface area contributed by atoms with E-state index in [1.165, 1.54) is 12.4 Å². The zero-order chi connectivity index (χ0) is 11.1. The van der Waals surface area contributed by atoms with Gasteiger partial charge in [0.2, 0.25) is 10.0 Å². The first-order chi connectivity index (χ1) is 6.92. The molecule has 0 aromatic carbocycles. The molecule has 1 aliphatic rings. The van der Waals surface area contributed by atoms with Crippen molar-refractivity contribution in [2.24, 2.45) is 5.92 Å². The van der Waals surface area contributed by atoms with E-state index < -0.39 is 10.0 Å². The molecule has 0 amide bonds. The number of H-pyrrole nitrogens is 1. The van der Waals surface area contributed by atoms with Crippen molar-refractivity contribution in [2.45, 2.75) is 37.1 Å². The van der Waals surface area contributed by atoms with Crippen molar-refractivity contribution in [3.05, 3.63) is 12.4 Å². The SMILES string of the molecule is CC(C)(NS(=O)(=O)c1cn[nH]c1)C1CC1. The van der Waals surface area contributed by atoms with Crippen LogP contribution in [0, 0.1) is 5.92 Å². The van der Waals surface area contributed by atoms with Crippen molar-refractivity contribution in [3.63, 3.8) is 0 Å². The molecule has 0 spiro atoms. The third-order valence-corrected chi connectivity index (χ3v) is 4.42. The predicted molar refractivity (Wildman–Crippen MR) is 55.7 cm³/mol. The van der Waals surface area contributed by atoms with Gasteiger partial charge in [0.05, 0.1) is 6.20 Å². The van der Waals surface area contributed by atoms with E-state index in [9.17, 15) is 8.42 Å². The first-order valence-electron chi connectivity index (χ1n) is 4.94. The molecule has 84 valence electrons. The van der Waals surface area contributed by atoms with E-state index in [2.05, 4.69) is 14.9 Å². The van der Waals surface area contributed by atoms with Crippen LogP contribution in [-0.4, -0.2) is 24.2 Å². The van der Waals surface area contributed by atoms with Gasteiger partial charge >= 0.3 is 0 Å². The Balaban J connectivity index is 2.18. The fourth-order valence-corrected chi connectivity index (χ4v) is 3.06. The molecular formula is C9H15N3O2S. The van der Waals surface area contributed by atoms with Crippen LogP contribution in [0.3, 0.4) is 0 Å². The maximum absolute atomic E-state index is 11.9. The van der Waals surface area contributed by atoms with E-state index in [0.717, 1.165) is 12.8 Å². The number of hydrogen-bond donors (Lipinski definition) is 2. The number of nitrogens with one attached hydrogen (secondary N) is 2. The molecule has 0 saturated heterocycles. The molecule has 1 aromatic rings. The van der Waals surface area contributed by atoms with Crippen molar-refractivity contribution in [2.75, 3.05) is 0 Å². The number of nitrogens with zero attached hydrogens (tertiary/aromatic N) is 1. The first-order valence-corrected chi connectivity index (χ1v) is 6.43. The Kier molecular flexibility index (Phi) is 2.35. The summed E-state index contributed by atoms with van der Waals surface area (Å²) in [6.07, 6.45) is 4.89. The van der Waals surface area contributed by atoms with E-state index in [-0.39, 0.29) is 10.4 Å². The van der Waals surface area contributed by atoms with Crippen LogP contribution in [-0.2, 0) is 10.0 Å². The van der Waals surface area contributed by atoms with Gasteiger partial charge < -0.3 is 0 Å². The third-order valence-electron chi connectivity index (χ3n) is 2.78. The van der Waals surface area contributed by atoms with Crippen molar-refractivity contribution in [3.8, 4) is 0 Å². The maximum Gasteiger partial charge on any atom is 0.244 e. The Labute approximate surface area is 89.3 Å². The molecule has 0 atom stereocenters. The van der Waals surface area contributed by atoms with Gasteiger partial charge in [-0.2, -0.15) is 5.10 Å². The lowest BCUT2D eigenvalue weighted by molar-refractivity contribution is 0.400. The topological polar surface area (TPSA) is 74.8 Å². The van der Waals surface area contributed by atoms with E-state index in [4.69, 9.17) is 0 Å². The van der Waals surface area contributed by atoms with Gasteiger partial charge in [0.1, 0.15) is 4.90 Å². The minimum absolute atomic E-state index is 0.191. The van der Waals surface area contributed by atoms with Gasteiger partial charge in [-0.15, -0.1) is 0 Å². The highest BCUT2D eigenvalue weighted by molar-refractivity contribution is 7.89. The molecule has 0 unspecified atom stereocenters. The second-order valence-electron chi connectivity index (χ2n) is 4.54. The molecule has 0 bridgehead atoms. The molecule has 6 heteroatoms. The summed E-state index contributed by atoms with van der Waals surface area (Å²) in [6.45, 7) is 3.84. The van der Waals surface area contributed by atoms with Crippen LogP contribution >= 0.6 is 0 Å². The number of sulfonamides is 1. The summed E-state index contributed by atoms with van der Waals surface area (Å²) in [4.78, 5) is 0.191. The van der Waals surface area contributed by atoms with Gasteiger partial charge in [-0.1, -0.05) is 0 Å². The zero-order valence-electron chi connectivity index (χ0n) is 8.82. The Bertz CT molecular complexity index is 432. The zero-order valence-corrected chi connectivity index (χ0v) is 9.63. The largest absolute Gasteiger partial charge is 0.284 e. The molecular weight excluding hydrogens is 214 g/mol. The summed E-state index contributed by atoms with van der Waals surface area (Å²) in [5.74, 6) is 0.458. The summed E-state index contributed by atoms with van der Waals surface area (Å²) in [6, 6.07) is 0. The van der Waals surface area contributed by atoms with Crippen LogP contribution < -0.4 is 4.72 Å². The van der Waals surface area contributed by atoms with Gasteiger partial charge in [0.25, 0.3) is 0 Å². The number of aromatic amines is 1. The van der Waals surface area contributed by atoms with Crippen molar-refractivity contribution in [1.82, 2.24) is 14.9 Å². The smallest absolute Gasteiger partial charge is 0.244 e. The van der Waals surface area contributed by atoms with Gasteiger partial charge in [-0.05, 0) is 32.6 Å². The van der Waals surface area contributed by atoms with Crippen LogP contribution in [0.5, 0.6) is 0 Å². The second kappa shape index (κ2) is 3.31. The van der Waals surface area contributed by atoms with Crippen LogP contribution in [0.1, 0.15) is 26.7 Å². The summed E-state index contributed by atoms with van der Waals surface area (Å²) in [5, 5.41) is 6.13. The maximum atomic E-state index is 11.9. The van der Waals surface area contributed by atoms with Crippen molar-refractivity contribution >= 4 is 10.0 Å². The fourth-order valence-electron chi connectivity index (χ4n) is 1.68. The third kappa shape index (κ3) is 2.21. The Morgan fingerprint density at radius 3 is 2.67 bits per heavy atom. The molecule has 1 aliphatic carbocycles. The molecule has 15 heavy (non-hydrogen) atoms. The minimum Gasteiger partial charge on any atom is -0.284 e. The molecule has 0 radical (unpaired) electrons. The lowest BCUT2D eigenvalue weighted by atomic mass is 10.0. The molecule has 1 heterocycles. The lowest BCUT2D eigenvalue weighted by Crippen LogP contribution is -2.44. The minimum atomic E-state index is -3.42. The first kappa shape index (κ1) is 10.6. The number of rotatable bonds is 4. The van der Waals surface area contributed by atoms with Crippen LogP contribution in [0.4, 0.5) is 0 Å². The monoisotopic (exact) mass is 229 g/mol. The van der Waals surface area contributed by atoms with Gasteiger partial charge in [-0.25, -0.2) is 13.1 Å². The summed E-state index contributed by atoms with van der Waals surface area (Å²) >= 11 is 0. The standard InChI is InChI=1S/C9H15N3O2S/c1-9(2,7-3-4-7)12-15(13,14)8-5-10-11-6-8/h5-7,12H,3-4H2,1-2H3,(H,10,11). The van der Waals surface area contributed by atoms with E-state index >= 15 is 0 Å². The Morgan fingerprint density at radius 1 is 1.53 bits per heavy atom. The molecule has 0 aliphatic heterocycles. The Morgan fingerprint density at radius 2 is 2.20 bits per heavy atom. The quantitative estimate of drug-likeness (QED) is 0.804.